The minimum Gasteiger partial charge on any atom is -2.00 e. The van der Waals surface area contributed by atoms with Crippen LogP contribution in [0.1, 0.15) is 0 Å². The molecule has 0 heterocycles. The summed E-state index contributed by atoms with van der Waals surface area (Å²) in [6.07, 6.45) is 0. The molecule has 4 nitrogen and oxygen atoms in total. The number of hydrogen-bond acceptors (Lipinski definition) is 3. The van der Waals surface area contributed by atoms with E-state index < -0.39 is 14.5 Å². The van der Waals surface area contributed by atoms with E-state index in [0.29, 0.717) is 0 Å². The maximum atomic E-state index is 8.54. The molecule has 0 fully saturated rings. The van der Waals surface area contributed by atoms with Gasteiger partial charge in [0.1, 0.15) is 0 Å². The van der Waals surface area contributed by atoms with Crippen LogP contribution in [-0.2, 0) is 26.4 Å². The van der Waals surface area contributed by atoms with Crippen molar-refractivity contribution in [2.75, 3.05) is 0 Å². The van der Waals surface area contributed by atoms with Crippen LogP contribution < -0.4 is 8.38 Å². The van der Waals surface area contributed by atoms with E-state index >= 15 is 0 Å². The second-order valence-electron chi connectivity index (χ2n) is 0.204. The second kappa shape index (κ2) is 9.21. The molecule has 6 heteroatoms. The van der Waals surface area contributed by atoms with E-state index in [1.165, 1.54) is 0 Å². The molecular formula is FeO4Se. The van der Waals surface area contributed by atoms with E-state index in [2.05, 4.69) is 0 Å². The van der Waals surface area contributed by atoms with Gasteiger partial charge in [0.05, 0.1) is 0 Å². The van der Waals surface area contributed by atoms with Crippen LogP contribution in [0.15, 0.2) is 0 Å². The molecule has 0 bridgehead atoms. The molecule has 0 saturated heterocycles. The summed E-state index contributed by atoms with van der Waals surface area (Å²) in [6, 6.07) is 0. The fourth-order valence-corrected chi connectivity index (χ4v) is 0. The van der Waals surface area contributed by atoms with E-state index in [0.717, 1.165) is 0 Å². The molecule has 0 spiro atoms. The first kappa shape index (κ1) is 15.9. The summed E-state index contributed by atoms with van der Waals surface area (Å²) in [4.78, 5) is 0. The van der Waals surface area contributed by atoms with E-state index in [-0.39, 0.29) is 22.5 Å². The molecule has 0 unspecified atom stereocenters. The largest absolute Gasteiger partial charge is 4.00 e. The Morgan fingerprint density at radius 1 is 1.33 bits per heavy atom. The minimum atomic E-state index is -3.79. The smallest absolute Gasteiger partial charge is 2.00 e. The Hall–Kier alpha value is 0.719. The van der Waals surface area contributed by atoms with Crippen molar-refractivity contribution in [1.29, 1.82) is 0 Å². The van der Waals surface area contributed by atoms with Gasteiger partial charge >= 0.3 is 43.8 Å². The first-order valence-electron chi connectivity index (χ1n) is 0.500. The van der Waals surface area contributed by atoms with Crippen LogP contribution in [0, 0.1) is 0 Å². The average molecular weight is 199 g/mol. The van der Waals surface area contributed by atoms with Crippen molar-refractivity contribution in [1.82, 2.24) is 0 Å². The molecule has 0 aliphatic rings. The molecule has 0 saturated carbocycles. The molecule has 0 rings (SSSR count). The van der Waals surface area contributed by atoms with E-state index in [1.54, 1.807) is 0 Å². The third-order valence-corrected chi connectivity index (χ3v) is 0. The molecule has 0 atom stereocenters. The minimum absolute atomic E-state index is 0. The van der Waals surface area contributed by atoms with Crippen LogP contribution in [0.25, 0.3) is 0 Å². The molecule has 0 aromatic carbocycles. The maximum Gasteiger partial charge on any atom is 4.00 e. The van der Waals surface area contributed by atoms with Crippen molar-refractivity contribution < 1.29 is 34.8 Å². The summed E-state index contributed by atoms with van der Waals surface area (Å²) in [5, 5.41) is 0. The van der Waals surface area contributed by atoms with Gasteiger partial charge in [0.15, 0.2) is 0 Å². The zero-order valence-corrected chi connectivity index (χ0v) is 5.21. The van der Waals surface area contributed by atoms with Gasteiger partial charge in [-0.3, -0.25) is 0 Å². The molecule has 38 valence electrons. The van der Waals surface area contributed by atoms with Crippen molar-refractivity contribution in [3.05, 3.63) is 0 Å². The normalized spacial score (nSPS) is 5.83. The fourth-order valence-electron chi connectivity index (χ4n) is 0. The van der Waals surface area contributed by atoms with Crippen molar-refractivity contribution in [2.45, 2.75) is 0 Å². The van der Waals surface area contributed by atoms with Gasteiger partial charge in [0.2, 0.25) is 0 Å². The molecule has 0 aliphatic heterocycles. The summed E-state index contributed by atoms with van der Waals surface area (Å²) in [6.45, 7) is 0. The Bertz CT molecular complexity index is 30.5. The monoisotopic (exact) mass is 200 g/mol. The summed E-state index contributed by atoms with van der Waals surface area (Å²) >= 11 is -3.79. The van der Waals surface area contributed by atoms with Gasteiger partial charge in [-0.15, -0.1) is 0 Å². The molecule has 0 aromatic heterocycles. The summed E-state index contributed by atoms with van der Waals surface area (Å²) in [5.74, 6) is 0. The summed E-state index contributed by atoms with van der Waals surface area (Å²) < 4.78 is 25.6. The van der Waals surface area contributed by atoms with Crippen LogP contribution in [0.2, 0.25) is 0 Å². The summed E-state index contributed by atoms with van der Waals surface area (Å²) in [7, 11) is 0. The fraction of sp³-hybridized carbons (Fsp3) is 0. The van der Waals surface area contributed by atoms with Crippen molar-refractivity contribution in [3.8, 4) is 0 Å². The number of hydrogen-bond donors (Lipinski definition) is 0. The Labute approximate surface area is 49.7 Å². The first-order valence-corrected chi connectivity index (χ1v) is 2.60. The van der Waals surface area contributed by atoms with Crippen molar-refractivity contribution in [2.24, 2.45) is 0 Å². The zero-order chi connectivity index (χ0) is 3.58. The molecule has 0 aromatic rings. The topological polar surface area (TPSA) is 91.7 Å². The Morgan fingerprint density at radius 2 is 1.33 bits per heavy atom. The Kier molecular flexibility index (Phi) is 24.4. The summed E-state index contributed by atoms with van der Waals surface area (Å²) in [5.41, 5.74) is 0. The Morgan fingerprint density at radius 3 is 1.33 bits per heavy atom. The van der Waals surface area contributed by atoms with Gasteiger partial charge in [-0.1, -0.05) is 0 Å². The molecule has 0 amide bonds. The zero-order valence-electron chi connectivity index (χ0n) is 2.39. The van der Waals surface area contributed by atoms with Crippen LogP contribution in [-0.4, -0.2) is 14.5 Å². The quantitative estimate of drug-likeness (QED) is 0.389. The predicted molar refractivity (Wildman–Crippen MR) is 7.13 cm³/mol. The Balaban J connectivity index is -0.0000000450. The van der Waals surface area contributed by atoms with E-state index in [9.17, 15) is 0 Å². The molecule has 0 N–H and O–H groups in total. The second-order valence-corrected chi connectivity index (χ2v) is 1.06. The van der Waals surface area contributed by atoms with Gasteiger partial charge in [-0.05, 0) is 0 Å². The molecule has 0 aliphatic carbocycles. The third-order valence-electron chi connectivity index (χ3n) is 0. The van der Waals surface area contributed by atoms with Gasteiger partial charge < -0.3 is 5.48 Å². The van der Waals surface area contributed by atoms with E-state index in [1.807, 2.05) is 0 Å². The predicted octanol–water partition coefficient (Wildman–Crippen LogP) is -3.00. The molecule has 0 radical (unpaired) electrons. The standard InChI is InChI=1S/Fe.H2O3Se.O/c;1-4(2)3;/h;(H2,1,2,3);/q+4;;-2/p-2. The first-order chi connectivity index (χ1) is 1.73. The molecule has 6 heavy (non-hydrogen) atoms. The maximum absolute atomic E-state index is 8.54. The van der Waals surface area contributed by atoms with Gasteiger partial charge in [0.25, 0.3) is 0 Å². The van der Waals surface area contributed by atoms with Crippen LogP contribution >= 0.6 is 0 Å². The molecular weight excluding hydrogens is 199 g/mol. The average Bonchev–Trinajstić information content (AvgIpc) is 0.811. The van der Waals surface area contributed by atoms with Gasteiger partial charge in [0, 0.05) is 0 Å². The third kappa shape index (κ3) is 126. The van der Waals surface area contributed by atoms with Crippen LogP contribution in [0.5, 0.6) is 0 Å². The SMILES string of the molecule is O=[Se]([O-])[O-].[Fe+4].[O-2]. The van der Waals surface area contributed by atoms with Crippen LogP contribution in [0.4, 0.5) is 0 Å². The van der Waals surface area contributed by atoms with Gasteiger partial charge in [-0.2, -0.15) is 0 Å². The number of rotatable bonds is 0. The van der Waals surface area contributed by atoms with Gasteiger partial charge in [-0.25, -0.2) is 0 Å². The van der Waals surface area contributed by atoms with Crippen molar-refractivity contribution in [3.63, 3.8) is 0 Å². The van der Waals surface area contributed by atoms with Crippen molar-refractivity contribution >= 4 is 14.5 Å². The van der Waals surface area contributed by atoms with E-state index in [4.69, 9.17) is 12.2 Å². The van der Waals surface area contributed by atoms with Crippen LogP contribution in [0.3, 0.4) is 0 Å².